The van der Waals surface area contributed by atoms with Crippen molar-refractivity contribution in [3.8, 4) is 0 Å². The molecule has 60 valence electrons. The first-order chi connectivity index (χ1) is 5.24. The van der Waals surface area contributed by atoms with Crippen molar-refractivity contribution >= 4 is 45.2 Å². The van der Waals surface area contributed by atoms with Gasteiger partial charge in [0.05, 0.1) is 0 Å². The summed E-state index contributed by atoms with van der Waals surface area (Å²) in [5.41, 5.74) is 2.61. The molecule has 0 spiro atoms. The van der Waals surface area contributed by atoms with Gasteiger partial charge in [-0.15, -0.1) is 0 Å². The summed E-state index contributed by atoms with van der Waals surface area (Å²) in [5, 5.41) is 0. The predicted molar refractivity (Wildman–Crippen MR) is 67.7 cm³/mol. The van der Waals surface area contributed by atoms with Crippen LogP contribution in [-0.4, -0.2) is 8.35 Å². The van der Waals surface area contributed by atoms with E-state index in [1.54, 1.807) is 0 Å². The highest BCUT2D eigenvalue weighted by molar-refractivity contribution is 14.1. The molecule has 0 unspecified atom stereocenters. The van der Waals surface area contributed by atoms with Gasteiger partial charge in [-0.25, -0.2) is 0 Å². The lowest BCUT2D eigenvalue weighted by Crippen LogP contribution is -2.02. The minimum atomic E-state index is 0.645. The van der Waals surface area contributed by atoms with Gasteiger partial charge in [0, 0.05) is 8.35 Å². The number of rotatable bonds is 1. The third-order valence-corrected chi connectivity index (χ3v) is 2.93. The SMILES string of the molecule is C=C1C[C@@H](I)C=C/C1=C/CI. The molecule has 0 aromatic heterocycles. The second-order valence-corrected chi connectivity index (χ2v) is 4.98. The molecule has 0 bridgehead atoms. The van der Waals surface area contributed by atoms with Crippen LogP contribution >= 0.6 is 45.2 Å². The second-order valence-electron chi connectivity index (χ2n) is 2.50. The fourth-order valence-corrected chi connectivity index (χ4v) is 2.26. The summed E-state index contributed by atoms with van der Waals surface area (Å²) in [6.07, 6.45) is 7.76. The van der Waals surface area contributed by atoms with Crippen LogP contribution in [0.25, 0.3) is 0 Å². The standard InChI is InChI=1S/C9H10I2/c1-7-6-9(11)3-2-8(7)4-5-10/h2-4,9H,1,5-6H2/b8-4-/t9-/m0/s1. The number of hydrogen-bond acceptors (Lipinski definition) is 0. The summed E-state index contributed by atoms with van der Waals surface area (Å²) in [6.45, 7) is 4.04. The summed E-state index contributed by atoms with van der Waals surface area (Å²) in [5.74, 6) is 0. The van der Waals surface area contributed by atoms with Gasteiger partial charge in [-0.2, -0.15) is 0 Å². The largest absolute Gasteiger partial charge is 0.0952 e. The third-order valence-electron chi connectivity index (χ3n) is 1.63. The maximum Gasteiger partial charge on any atom is 0.0333 e. The topological polar surface area (TPSA) is 0 Å². The Morgan fingerprint density at radius 2 is 2.45 bits per heavy atom. The minimum Gasteiger partial charge on any atom is -0.0952 e. The lowest BCUT2D eigenvalue weighted by atomic mass is 9.97. The monoisotopic (exact) mass is 372 g/mol. The van der Waals surface area contributed by atoms with Crippen molar-refractivity contribution in [1.82, 2.24) is 0 Å². The summed E-state index contributed by atoms with van der Waals surface area (Å²) in [6, 6.07) is 0. The summed E-state index contributed by atoms with van der Waals surface area (Å²) >= 11 is 4.79. The van der Waals surface area contributed by atoms with E-state index in [1.165, 1.54) is 11.1 Å². The zero-order chi connectivity index (χ0) is 8.27. The Bertz CT molecular complexity index is 214. The number of alkyl halides is 2. The van der Waals surface area contributed by atoms with Crippen molar-refractivity contribution in [2.24, 2.45) is 0 Å². The highest BCUT2D eigenvalue weighted by atomic mass is 127. The van der Waals surface area contributed by atoms with E-state index in [9.17, 15) is 0 Å². The Labute approximate surface area is 95.1 Å². The van der Waals surface area contributed by atoms with Gasteiger partial charge >= 0.3 is 0 Å². The van der Waals surface area contributed by atoms with Crippen LogP contribution in [0.5, 0.6) is 0 Å². The van der Waals surface area contributed by atoms with Gasteiger partial charge < -0.3 is 0 Å². The first-order valence-electron chi connectivity index (χ1n) is 3.50. The van der Waals surface area contributed by atoms with Crippen molar-refractivity contribution in [2.75, 3.05) is 4.43 Å². The normalized spacial score (nSPS) is 28.0. The van der Waals surface area contributed by atoms with Crippen LogP contribution in [0.3, 0.4) is 0 Å². The van der Waals surface area contributed by atoms with E-state index < -0.39 is 0 Å². The molecule has 11 heavy (non-hydrogen) atoms. The van der Waals surface area contributed by atoms with Crippen molar-refractivity contribution in [3.63, 3.8) is 0 Å². The average molecular weight is 372 g/mol. The Kier molecular flexibility index (Phi) is 4.12. The average Bonchev–Trinajstić information content (AvgIpc) is 1.95. The molecule has 0 amide bonds. The number of hydrogen-bond donors (Lipinski definition) is 0. The molecule has 2 heteroatoms. The minimum absolute atomic E-state index is 0.645. The Balaban J connectivity index is 2.76. The first kappa shape index (κ1) is 9.77. The van der Waals surface area contributed by atoms with E-state index in [0.29, 0.717) is 3.92 Å². The molecule has 0 fully saturated rings. The van der Waals surface area contributed by atoms with Gasteiger partial charge in [0.25, 0.3) is 0 Å². The molecule has 1 rings (SSSR count). The van der Waals surface area contributed by atoms with Gasteiger partial charge in [-0.3, -0.25) is 0 Å². The third kappa shape index (κ3) is 2.89. The lowest BCUT2D eigenvalue weighted by molar-refractivity contribution is 1.02. The van der Waals surface area contributed by atoms with Crippen LogP contribution in [0.15, 0.2) is 36.0 Å². The molecular formula is C9H10I2. The fraction of sp³-hybridized carbons (Fsp3) is 0.333. The van der Waals surface area contributed by atoms with Crippen LogP contribution < -0.4 is 0 Å². The number of allylic oxidation sites excluding steroid dienone is 5. The predicted octanol–water partition coefficient (Wildman–Crippen LogP) is 3.67. The first-order valence-corrected chi connectivity index (χ1v) is 6.27. The van der Waals surface area contributed by atoms with Crippen molar-refractivity contribution < 1.29 is 0 Å². The zero-order valence-corrected chi connectivity index (χ0v) is 10.5. The molecule has 1 aliphatic carbocycles. The van der Waals surface area contributed by atoms with Gasteiger partial charge in [-0.1, -0.05) is 70.0 Å². The molecule has 0 radical (unpaired) electrons. The maximum atomic E-state index is 4.04. The molecule has 0 heterocycles. The lowest BCUT2D eigenvalue weighted by Gasteiger charge is -2.14. The summed E-state index contributed by atoms with van der Waals surface area (Å²) in [4.78, 5) is 0. The Hall–Kier alpha value is 0.680. The van der Waals surface area contributed by atoms with E-state index in [-0.39, 0.29) is 0 Å². The second kappa shape index (κ2) is 4.64. The van der Waals surface area contributed by atoms with E-state index in [0.717, 1.165) is 10.8 Å². The van der Waals surface area contributed by atoms with E-state index in [2.05, 4.69) is 70.0 Å². The van der Waals surface area contributed by atoms with Crippen LogP contribution in [0.4, 0.5) is 0 Å². The van der Waals surface area contributed by atoms with Crippen LogP contribution in [0, 0.1) is 0 Å². The summed E-state index contributed by atoms with van der Waals surface area (Å²) < 4.78 is 1.72. The molecule has 0 saturated carbocycles. The fourth-order valence-electron chi connectivity index (χ4n) is 1.04. The van der Waals surface area contributed by atoms with Crippen LogP contribution in [0.2, 0.25) is 0 Å². The Morgan fingerprint density at radius 1 is 1.73 bits per heavy atom. The van der Waals surface area contributed by atoms with Crippen molar-refractivity contribution in [2.45, 2.75) is 10.3 Å². The van der Waals surface area contributed by atoms with Crippen LogP contribution in [-0.2, 0) is 0 Å². The molecule has 0 nitrogen and oxygen atoms in total. The van der Waals surface area contributed by atoms with Gasteiger partial charge in [-0.05, 0) is 17.6 Å². The molecule has 1 atom stereocenters. The molecule has 0 aliphatic heterocycles. The molecule has 0 saturated heterocycles. The highest BCUT2D eigenvalue weighted by Crippen LogP contribution is 2.26. The maximum absolute atomic E-state index is 4.04. The quantitative estimate of drug-likeness (QED) is 0.487. The van der Waals surface area contributed by atoms with Gasteiger partial charge in [0.15, 0.2) is 0 Å². The smallest absolute Gasteiger partial charge is 0.0333 e. The van der Waals surface area contributed by atoms with Crippen molar-refractivity contribution in [3.05, 3.63) is 36.0 Å². The van der Waals surface area contributed by atoms with Gasteiger partial charge in [0.2, 0.25) is 0 Å². The van der Waals surface area contributed by atoms with E-state index >= 15 is 0 Å². The van der Waals surface area contributed by atoms with E-state index in [1.807, 2.05) is 0 Å². The number of halogens is 2. The van der Waals surface area contributed by atoms with Gasteiger partial charge in [0.1, 0.15) is 0 Å². The Morgan fingerprint density at radius 3 is 3.00 bits per heavy atom. The van der Waals surface area contributed by atoms with E-state index in [4.69, 9.17) is 0 Å². The molecular weight excluding hydrogens is 362 g/mol. The summed E-state index contributed by atoms with van der Waals surface area (Å²) in [7, 11) is 0. The molecule has 0 N–H and O–H groups in total. The molecule has 1 aliphatic rings. The molecule has 0 aromatic carbocycles. The highest BCUT2D eigenvalue weighted by Gasteiger charge is 2.10. The van der Waals surface area contributed by atoms with Crippen LogP contribution in [0.1, 0.15) is 6.42 Å². The van der Waals surface area contributed by atoms with Crippen molar-refractivity contribution in [1.29, 1.82) is 0 Å². The zero-order valence-electron chi connectivity index (χ0n) is 6.19. The molecule has 0 aromatic rings.